The summed E-state index contributed by atoms with van der Waals surface area (Å²) in [6.07, 6.45) is -1.81. The zero-order valence-corrected chi connectivity index (χ0v) is 5.19. The van der Waals surface area contributed by atoms with E-state index in [2.05, 4.69) is 0 Å². The molecule has 0 rings (SSSR count). The minimum absolute atomic E-state index is 0.303. The first kappa shape index (κ1) is 8.55. The van der Waals surface area contributed by atoms with Crippen LogP contribution in [0.15, 0.2) is 0 Å². The van der Waals surface area contributed by atoms with Gasteiger partial charge < -0.3 is 20.7 Å². The van der Waals surface area contributed by atoms with E-state index in [1.54, 1.807) is 0 Å². The maximum absolute atomic E-state index is 9.81. The maximum Gasteiger partial charge on any atom is 0.150 e. The molecule has 4 heteroatoms. The molecule has 0 aliphatic rings. The number of carbonyl (C=O) groups excluding carboxylic acids is 1. The molecule has 0 heterocycles. The van der Waals surface area contributed by atoms with Crippen molar-refractivity contribution in [3.63, 3.8) is 0 Å². The number of aldehydes is 1. The minimum atomic E-state index is -1.26. The third-order valence-corrected chi connectivity index (χ3v) is 1.09. The molecule has 54 valence electrons. The number of nitrogens with two attached hydrogens (primary N) is 1. The first-order chi connectivity index (χ1) is 4.09. The second kappa shape index (κ2) is 3.55. The van der Waals surface area contributed by atoms with E-state index in [0.717, 1.165) is 0 Å². The van der Waals surface area contributed by atoms with Crippen LogP contribution in [0.2, 0.25) is 0 Å². The number of aliphatic hydroxyl groups is 2. The molecule has 0 saturated heterocycles. The van der Waals surface area contributed by atoms with Crippen LogP contribution in [0.1, 0.15) is 6.92 Å². The second-order valence-electron chi connectivity index (χ2n) is 1.94. The van der Waals surface area contributed by atoms with Crippen LogP contribution in [0.5, 0.6) is 0 Å². The number of rotatable bonds is 3. The van der Waals surface area contributed by atoms with Crippen LogP contribution in [-0.2, 0) is 4.79 Å². The predicted octanol–water partition coefficient (Wildman–Crippen LogP) is -1.75. The van der Waals surface area contributed by atoms with E-state index >= 15 is 0 Å². The van der Waals surface area contributed by atoms with Crippen LogP contribution in [0.4, 0.5) is 0 Å². The van der Waals surface area contributed by atoms with E-state index in [1.165, 1.54) is 6.92 Å². The van der Waals surface area contributed by atoms with Crippen LogP contribution < -0.4 is 5.73 Å². The van der Waals surface area contributed by atoms with Gasteiger partial charge in [-0.1, -0.05) is 0 Å². The minimum Gasteiger partial charge on any atom is -0.392 e. The molecule has 0 radical (unpaired) electrons. The van der Waals surface area contributed by atoms with Gasteiger partial charge >= 0.3 is 0 Å². The highest BCUT2D eigenvalue weighted by molar-refractivity contribution is 5.56. The summed E-state index contributed by atoms with van der Waals surface area (Å²) in [4.78, 5) is 9.81. The highest BCUT2D eigenvalue weighted by atomic mass is 16.3. The van der Waals surface area contributed by atoms with Crippen LogP contribution >= 0.6 is 0 Å². The Morgan fingerprint density at radius 3 is 2.11 bits per heavy atom. The van der Waals surface area contributed by atoms with Crippen molar-refractivity contribution in [1.82, 2.24) is 0 Å². The smallest absolute Gasteiger partial charge is 0.150 e. The molecule has 4 nitrogen and oxygen atoms in total. The predicted molar refractivity (Wildman–Crippen MR) is 31.7 cm³/mol. The Balaban J connectivity index is 3.71. The van der Waals surface area contributed by atoms with Crippen molar-refractivity contribution in [1.29, 1.82) is 0 Å². The van der Waals surface area contributed by atoms with Gasteiger partial charge in [0, 0.05) is 0 Å². The molecule has 0 aliphatic heterocycles. The third-order valence-electron chi connectivity index (χ3n) is 1.09. The largest absolute Gasteiger partial charge is 0.392 e. The Morgan fingerprint density at radius 2 is 2.00 bits per heavy atom. The van der Waals surface area contributed by atoms with Gasteiger partial charge in [-0.25, -0.2) is 0 Å². The van der Waals surface area contributed by atoms with Crippen molar-refractivity contribution in [2.45, 2.75) is 25.2 Å². The average molecular weight is 133 g/mol. The van der Waals surface area contributed by atoms with Crippen molar-refractivity contribution in [2.24, 2.45) is 5.73 Å². The van der Waals surface area contributed by atoms with Gasteiger partial charge in [-0.2, -0.15) is 0 Å². The molecule has 0 saturated carbocycles. The van der Waals surface area contributed by atoms with Crippen molar-refractivity contribution in [2.75, 3.05) is 0 Å². The van der Waals surface area contributed by atoms with Gasteiger partial charge in [0.1, 0.15) is 12.4 Å². The molecule has 0 amide bonds. The highest BCUT2D eigenvalue weighted by Gasteiger charge is 2.17. The Hall–Kier alpha value is -0.450. The monoisotopic (exact) mass is 133 g/mol. The molecule has 0 aliphatic carbocycles. The molecule has 0 aromatic carbocycles. The number of hydrogen-bond donors (Lipinski definition) is 3. The first-order valence-electron chi connectivity index (χ1n) is 2.66. The Kier molecular flexibility index (Phi) is 3.37. The SMILES string of the molecule is CC(O)C(N)C(O)C=O. The van der Waals surface area contributed by atoms with Crippen LogP contribution in [0.25, 0.3) is 0 Å². The van der Waals surface area contributed by atoms with Gasteiger partial charge in [0.2, 0.25) is 0 Å². The number of carbonyl (C=O) groups is 1. The summed E-state index contributed by atoms with van der Waals surface area (Å²) >= 11 is 0. The summed E-state index contributed by atoms with van der Waals surface area (Å²) in [5.41, 5.74) is 5.14. The summed E-state index contributed by atoms with van der Waals surface area (Å²) in [6.45, 7) is 1.41. The molecule has 0 spiro atoms. The summed E-state index contributed by atoms with van der Waals surface area (Å²) < 4.78 is 0. The molecule has 9 heavy (non-hydrogen) atoms. The van der Waals surface area contributed by atoms with E-state index < -0.39 is 18.2 Å². The van der Waals surface area contributed by atoms with Crippen molar-refractivity contribution in [3.8, 4) is 0 Å². The molecular weight excluding hydrogens is 122 g/mol. The lowest BCUT2D eigenvalue weighted by Crippen LogP contribution is -2.44. The second-order valence-corrected chi connectivity index (χ2v) is 1.94. The van der Waals surface area contributed by atoms with E-state index in [0.29, 0.717) is 6.29 Å². The van der Waals surface area contributed by atoms with Crippen molar-refractivity contribution in [3.05, 3.63) is 0 Å². The Bertz CT molecular complexity index is 94.2. The van der Waals surface area contributed by atoms with Gasteiger partial charge in [-0.3, -0.25) is 0 Å². The summed E-state index contributed by atoms with van der Waals surface area (Å²) in [5.74, 6) is 0. The molecule has 0 bridgehead atoms. The molecule has 0 aromatic heterocycles. The Labute approximate surface area is 53.3 Å². The third kappa shape index (κ3) is 2.55. The van der Waals surface area contributed by atoms with E-state index in [1.807, 2.05) is 0 Å². The standard InChI is InChI=1S/C5H11NO3/c1-3(8)5(6)4(9)2-7/h2-5,8-9H,6H2,1H3. The topological polar surface area (TPSA) is 83.6 Å². The van der Waals surface area contributed by atoms with Gasteiger partial charge in [-0.15, -0.1) is 0 Å². The first-order valence-corrected chi connectivity index (χ1v) is 2.66. The van der Waals surface area contributed by atoms with Gasteiger partial charge in [0.05, 0.1) is 12.1 Å². The fourth-order valence-corrected chi connectivity index (χ4v) is 0.376. The van der Waals surface area contributed by atoms with Crippen LogP contribution in [0.3, 0.4) is 0 Å². The Morgan fingerprint density at radius 1 is 1.56 bits per heavy atom. The molecular formula is C5H11NO3. The van der Waals surface area contributed by atoms with E-state index in [-0.39, 0.29) is 0 Å². The van der Waals surface area contributed by atoms with Gasteiger partial charge in [-0.05, 0) is 6.92 Å². The lowest BCUT2D eigenvalue weighted by Gasteiger charge is -2.15. The zero-order valence-electron chi connectivity index (χ0n) is 5.19. The lowest BCUT2D eigenvalue weighted by atomic mass is 10.1. The van der Waals surface area contributed by atoms with Gasteiger partial charge in [0.25, 0.3) is 0 Å². The van der Waals surface area contributed by atoms with Crippen molar-refractivity contribution >= 4 is 6.29 Å². The normalized spacial score (nSPS) is 20.4. The van der Waals surface area contributed by atoms with Gasteiger partial charge in [0.15, 0.2) is 0 Å². The summed E-state index contributed by atoms with van der Waals surface area (Å²) in [6, 6.07) is -0.873. The number of hydrogen-bond acceptors (Lipinski definition) is 4. The molecule has 3 atom stereocenters. The lowest BCUT2D eigenvalue weighted by molar-refractivity contribution is -0.117. The fraction of sp³-hybridized carbons (Fsp3) is 0.800. The molecule has 0 aromatic rings. The van der Waals surface area contributed by atoms with E-state index in [9.17, 15) is 4.79 Å². The molecule has 4 N–H and O–H groups in total. The summed E-state index contributed by atoms with van der Waals surface area (Å²) in [5, 5.41) is 17.3. The molecule has 3 unspecified atom stereocenters. The van der Waals surface area contributed by atoms with Crippen molar-refractivity contribution < 1.29 is 15.0 Å². The maximum atomic E-state index is 9.81. The van der Waals surface area contributed by atoms with E-state index in [4.69, 9.17) is 15.9 Å². The van der Waals surface area contributed by atoms with Crippen LogP contribution in [0, 0.1) is 0 Å². The van der Waals surface area contributed by atoms with Crippen LogP contribution in [-0.4, -0.2) is 34.7 Å². The zero-order chi connectivity index (χ0) is 7.44. The number of aliphatic hydroxyl groups excluding tert-OH is 2. The quantitative estimate of drug-likeness (QED) is 0.399. The summed E-state index contributed by atoms with van der Waals surface area (Å²) in [7, 11) is 0. The average Bonchev–Trinajstić information content (AvgIpc) is 1.84. The fourth-order valence-electron chi connectivity index (χ4n) is 0.376. The molecule has 0 fully saturated rings. The highest BCUT2D eigenvalue weighted by Crippen LogP contribution is 1.92.